The van der Waals surface area contributed by atoms with Crippen LogP contribution >= 0.6 is 0 Å². The van der Waals surface area contributed by atoms with Gasteiger partial charge in [0.2, 0.25) is 0 Å². The highest BCUT2D eigenvalue weighted by Gasteiger charge is 2.16. The fourth-order valence-electron chi connectivity index (χ4n) is 2.83. The van der Waals surface area contributed by atoms with Gasteiger partial charge in [-0.3, -0.25) is 0 Å². The highest BCUT2D eigenvalue weighted by atomic mass is 15.1. The number of fused-ring (bicyclic) bond motifs is 1. The summed E-state index contributed by atoms with van der Waals surface area (Å²) < 4.78 is 0. The monoisotopic (exact) mass is 279 g/mol. The van der Waals surface area contributed by atoms with E-state index >= 15 is 0 Å². The molecular weight excluding hydrogens is 258 g/mol. The summed E-state index contributed by atoms with van der Waals surface area (Å²) >= 11 is 0. The first-order valence-corrected chi connectivity index (χ1v) is 7.24. The molecule has 0 radical (unpaired) electrons. The number of hydrogen-bond acceptors (Lipinski definition) is 2. The normalized spacial score (nSPS) is 12.5. The number of benzene rings is 2. The van der Waals surface area contributed by atoms with Crippen molar-refractivity contribution >= 4 is 16.6 Å². The molecule has 2 aromatic carbocycles. The summed E-state index contributed by atoms with van der Waals surface area (Å²) in [6.45, 7) is 0.600. The number of nitrogens with two attached hydrogens (primary N) is 1. The molecule has 3 heteroatoms. The number of aromatic nitrogens is 1. The van der Waals surface area contributed by atoms with Crippen molar-refractivity contribution in [2.75, 3.05) is 25.5 Å². The van der Waals surface area contributed by atoms with Crippen molar-refractivity contribution in [3.8, 4) is 0 Å². The van der Waals surface area contributed by atoms with E-state index in [-0.39, 0.29) is 5.92 Å². The molecule has 0 saturated heterocycles. The Morgan fingerprint density at radius 2 is 1.76 bits per heavy atom. The van der Waals surface area contributed by atoms with Crippen molar-refractivity contribution in [2.24, 2.45) is 5.73 Å². The minimum absolute atomic E-state index is 0.220. The van der Waals surface area contributed by atoms with Crippen LogP contribution in [0, 0.1) is 0 Å². The first-order valence-electron chi connectivity index (χ1n) is 7.24. The van der Waals surface area contributed by atoms with Gasteiger partial charge in [-0.05, 0) is 29.3 Å². The maximum Gasteiger partial charge on any atom is 0.0457 e. The van der Waals surface area contributed by atoms with Crippen LogP contribution in [0.3, 0.4) is 0 Å². The van der Waals surface area contributed by atoms with Crippen molar-refractivity contribution in [3.63, 3.8) is 0 Å². The second kappa shape index (κ2) is 5.62. The quantitative estimate of drug-likeness (QED) is 0.769. The van der Waals surface area contributed by atoms with Crippen LogP contribution < -0.4 is 10.6 Å². The highest BCUT2D eigenvalue weighted by Crippen LogP contribution is 2.30. The molecular formula is C18H21N3. The van der Waals surface area contributed by atoms with Crippen LogP contribution in [0.4, 0.5) is 5.69 Å². The zero-order valence-corrected chi connectivity index (χ0v) is 12.5. The lowest BCUT2D eigenvalue weighted by molar-refractivity contribution is 0.825. The first-order chi connectivity index (χ1) is 10.2. The minimum atomic E-state index is 0.220. The van der Waals surface area contributed by atoms with E-state index in [1.165, 1.54) is 22.2 Å². The summed E-state index contributed by atoms with van der Waals surface area (Å²) in [5, 5.41) is 1.25. The SMILES string of the molecule is CN(C)c1ccc([C@@H](CN)c2c[nH]c3ccccc23)cc1. The Labute approximate surface area is 125 Å². The summed E-state index contributed by atoms with van der Waals surface area (Å²) in [5.41, 5.74) is 11.0. The zero-order valence-electron chi connectivity index (χ0n) is 12.5. The number of H-pyrrole nitrogens is 1. The van der Waals surface area contributed by atoms with E-state index < -0.39 is 0 Å². The van der Waals surface area contributed by atoms with Crippen LogP contribution in [0.15, 0.2) is 54.7 Å². The van der Waals surface area contributed by atoms with Crippen molar-refractivity contribution in [1.29, 1.82) is 0 Å². The minimum Gasteiger partial charge on any atom is -0.378 e. The molecule has 108 valence electrons. The van der Waals surface area contributed by atoms with Gasteiger partial charge in [0.15, 0.2) is 0 Å². The van der Waals surface area contributed by atoms with Gasteiger partial charge >= 0.3 is 0 Å². The number of nitrogens with one attached hydrogen (secondary N) is 1. The van der Waals surface area contributed by atoms with Crippen LogP contribution in [-0.4, -0.2) is 25.6 Å². The molecule has 0 aliphatic rings. The zero-order chi connectivity index (χ0) is 14.8. The maximum atomic E-state index is 6.06. The van der Waals surface area contributed by atoms with E-state index in [0.29, 0.717) is 6.54 Å². The van der Waals surface area contributed by atoms with Crippen LogP contribution in [0.5, 0.6) is 0 Å². The Morgan fingerprint density at radius 1 is 1.05 bits per heavy atom. The third-order valence-corrected chi connectivity index (χ3v) is 4.04. The Kier molecular flexibility index (Phi) is 3.67. The van der Waals surface area contributed by atoms with Gasteiger partial charge in [0.05, 0.1) is 0 Å². The third kappa shape index (κ3) is 2.52. The van der Waals surface area contributed by atoms with Crippen molar-refractivity contribution in [3.05, 3.63) is 65.9 Å². The van der Waals surface area contributed by atoms with Gasteiger partial charge in [0, 0.05) is 49.3 Å². The van der Waals surface area contributed by atoms with Crippen molar-refractivity contribution in [1.82, 2.24) is 4.98 Å². The molecule has 0 spiro atoms. The average Bonchev–Trinajstić information content (AvgIpc) is 2.93. The van der Waals surface area contributed by atoms with E-state index in [1.807, 2.05) is 6.07 Å². The average molecular weight is 279 g/mol. The molecule has 0 aliphatic carbocycles. The Morgan fingerprint density at radius 3 is 2.43 bits per heavy atom. The van der Waals surface area contributed by atoms with E-state index in [2.05, 4.69) is 72.6 Å². The molecule has 3 N–H and O–H groups in total. The molecule has 0 saturated carbocycles. The van der Waals surface area contributed by atoms with E-state index in [4.69, 9.17) is 5.73 Å². The fourth-order valence-corrected chi connectivity index (χ4v) is 2.83. The summed E-state index contributed by atoms with van der Waals surface area (Å²) in [4.78, 5) is 5.44. The van der Waals surface area contributed by atoms with Crippen molar-refractivity contribution < 1.29 is 0 Å². The Hall–Kier alpha value is -2.26. The molecule has 21 heavy (non-hydrogen) atoms. The number of anilines is 1. The van der Waals surface area contributed by atoms with Gasteiger partial charge in [-0.1, -0.05) is 30.3 Å². The summed E-state index contributed by atoms with van der Waals surface area (Å²) in [5.74, 6) is 0.220. The molecule has 3 nitrogen and oxygen atoms in total. The number of hydrogen-bond donors (Lipinski definition) is 2. The van der Waals surface area contributed by atoms with Crippen molar-refractivity contribution in [2.45, 2.75) is 5.92 Å². The lowest BCUT2D eigenvalue weighted by atomic mass is 9.91. The predicted octanol–water partition coefficient (Wildman–Crippen LogP) is 3.32. The molecule has 3 rings (SSSR count). The van der Waals surface area contributed by atoms with Gasteiger partial charge in [-0.15, -0.1) is 0 Å². The molecule has 3 aromatic rings. The van der Waals surface area contributed by atoms with Crippen LogP contribution in [-0.2, 0) is 0 Å². The second-order valence-corrected chi connectivity index (χ2v) is 5.56. The van der Waals surface area contributed by atoms with Gasteiger partial charge in [0.1, 0.15) is 0 Å². The first kappa shape index (κ1) is 13.7. The summed E-state index contributed by atoms with van der Waals surface area (Å²) in [6, 6.07) is 17.0. The lowest BCUT2D eigenvalue weighted by Gasteiger charge is -2.17. The molecule has 0 fully saturated rings. The Balaban J connectivity index is 2.01. The lowest BCUT2D eigenvalue weighted by Crippen LogP contribution is -2.14. The summed E-state index contributed by atoms with van der Waals surface area (Å²) in [6.07, 6.45) is 2.09. The predicted molar refractivity (Wildman–Crippen MR) is 90.0 cm³/mol. The second-order valence-electron chi connectivity index (χ2n) is 5.56. The maximum absolute atomic E-state index is 6.06. The third-order valence-electron chi connectivity index (χ3n) is 4.04. The van der Waals surface area contributed by atoms with Crippen LogP contribution in [0.1, 0.15) is 17.0 Å². The number of nitrogens with zero attached hydrogens (tertiary/aromatic N) is 1. The molecule has 0 amide bonds. The standard InChI is InChI=1S/C18H21N3/c1-21(2)14-9-7-13(8-10-14)16(11-19)17-12-20-18-6-4-3-5-15(17)18/h3-10,12,16,20H,11,19H2,1-2H3/t16-/m1/s1. The van der Waals surface area contributed by atoms with Crippen LogP contribution in [0.25, 0.3) is 10.9 Å². The molecule has 0 unspecified atom stereocenters. The number of para-hydroxylation sites is 1. The van der Waals surface area contributed by atoms with Gasteiger partial charge in [0.25, 0.3) is 0 Å². The number of aromatic amines is 1. The van der Waals surface area contributed by atoms with Gasteiger partial charge in [-0.25, -0.2) is 0 Å². The molecule has 0 bridgehead atoms. The largest absolute Gasteiger partial charge is 0.378 e. The highest BCUT2D eigenvalue weighted by molar-refractivity contribution is 5.84. The molecule has 1 heterocycles. The smallest absolute Gasteiger partial charge is 0.0457 e. The Bertz CT molecular complexity index is 726. The summed E-state index contributed by atoms with van der Waals surface area (Å²) in [7, 11) is 4.10. The van der Waals surface area contributed by atoms with Gasteiger partial charge in [-0.2, -0.15) is 0 Å². The molecule has 1 atom stereocenters. The van der Waals surface area contributed by atoms with E-state index in [9.17, 15) is 0 Å². The molecule has 0 aliphatic heterocycles. The van der Waals surface area contributed by atoms with Crippen LogP contribution in [0.2, 0.25) is 0 Å². The van der Waals surface area contributed by atoms with E-state index in [0.717, 1.165) is 5.52 Å². The van der Waals surface area contributed by atoms with Gasteiger partial charge < -0.3 is 15.6 Å². The molecule has 1 aromatic heterocycles. The topological polar surface area (TPSA) is 45.0 Å². The number of rotatable bonds is 4. The fraction of sp³-hybridized carbons (Fsp3) is 0.222. The van der Waals surface area contributed by atoms with E-state index in [1.54, 1.807) is 0 Å².